The fraction of sp³-hybridized carbons (Fsp3) is 0.688. The van der Waals surface area contributed by atoms with Crippen molar-refractivity contribution in [2.45, 2.75) is 33.2 Å². The monoisotopic (exact) mass is 449 g/mol. The molecule has 0 saturated carbocycles. The maximum absolute atomic E-state index is 11.8. The van der Waals surface area contributed by atoms with Crippen molar-refractivity contribution in [3.63, 3.8) is 0 Å². The SMILES string of the molecule is CCNC(=NCCn1ccnc1)N1CCC(C(=O)OCC)CC1.I. The molecule has 0 radical (unpaired) electrons. The average Bonchev–Trinajstić information content (AvgIpc) is 3.08. The average molecular weight is 449 g/mol. The van der Waals surface area contributed by atoms with Crippen molar-refractivity contribution in [3.05, 3.63) is 18.7 Å². The number of rotatable bonds is 6. The number of aliphatic imine (C=N–C) groups is 1. The van der Waals surface area contributed by atoms with Crippen molar-refractivity contribution in [2.24, 2.45) is 10.9 Å². The lowest BCUT2D eigenvalue weighted by molar-refractivity contribution is -0.149. The molecular formula is C16H28IN5O2. The minimum absolute atomic E-state index is 0. The topological polar surface area (TPSA) is 71.8 Å². The standard InChI is InChI=1S/C16H27N5O2.HI/c1-3-18-16(19-8-12-20-11-7-17-13-20)21-9-5-14(6-10-21)15(22)23-4-2;/h7,11,13-14H,3-6,8-10,12H2,1-2H3,(H,18,19);1H. The van der Waals surface area contributed by atoms with E-state index in [1.807, 2.05) is 17.7 Å². The van der Waals surface area contributed by atoms with Crippen LogP contribution in [0.25, 0.3) is 0 Å². The normalized spacial score (nSPS) is 15.8. The largest absolute Gasteiger partial charge is 0.466 e. The second-order valence-electron chi connectivity index (χ2n) is 5.55. The molecule has 0 amide bonds. The first-order valence-corrected chi connectivity index (χ1v) is 8.40. The number of carbonyl (C=O) groups excluding carboxylic acids is 1. The molecule has 2 heterocycles. The van der Waals surface area contributed by atoms with Crippen LogP contribution < -0.4 is 5.32 Å². The number of guanidine groups is 1. The number of hydrogen-bond acceptors (Lipinski definition) is 4. The van der Waals surface area contributed by atoms with Gasteiger partial charge in [0.1, 0.15) is 0 Å². The van der Waals surface area contributed by atoms with E-state index in [0.717, 1.165) is 45.0 Å². The van der Waals surface area contributed by atoms with Gasteiger partial charge < -0.3 is 19.5 Å². The van der Waals surface area contributed by atoms with Crippen molar-refractivity contribution in [1.29, 1.82) is 0 Å². The molecule has 1 N–H and O–H groups in total. The fourth-order valence-electron chi connectivity index (χ4n) is 2.70. The first-order chi connectivity index (χ1) is 11.2. The summed E-state index contributed by atoms with van der Waals surface area (Å²) in [5, 5.41) is 3.34. The molecule has 24 heavy (non-hydrogen) atoms. The minimum Gasteiger partial charge on any atom is -0.466 e. The summed E-state index contributed by atoms with van der Waals surface area (Å²) in [4.78, 5) is 22.8. The lowest BCUT2D eigenvalue weighted by Crippen LogP contribution is -2.46. The smallest absolute Gasteiger partial charge is 0.309 e. The van der Waals surface area contributed by atoms with Gasteiger partial charge in [-0.15, -0.1) is 24.0 Å². The third kappa shape index (κ3) is 6.29. The molecule has 1 aliphatic rings. The van der Waals surface area contributed by atoms with E-state index in [4.69, 9.17) is 4.74 Å². The van der Waals surface area contributed by atoms with E-state index in [2.05, 4.69) is 27.1 Å². The molecule has 0 bridgehead atoms. The van der Waals surface area contributed by atoms with Crippen LogP contribution in [0, 0.1) is 5.92 Å². The summed E-state index contributed by atoms with van der Waals surface area (Å²) in [6.45, 7) is 8.39. The number of hydrogen-bond donors (Lipinski definition) is 1. The van der Waals surface area contributed by atoms with E-state index >= 15 is 0 Å². The molecule has 1 aromatic heterocycles. The molecule has 1 aromatic rings. The Kier molecular flexibility index (Phi) is 9.73. The van der Waals surface area contributed by atoms with Gasteiger partial charge in [-0.3, -0.25) is 9.79 Å². The predicted octanol–water partition coefficient (Wildman–Crippen LogP) is 1.74. The van der Waals surface area contributed by atoms with Crippen LogP contribution >= 0.6 is 24.0 Å². The minimum atomic E-state index is -0.0609. The summed E-state index contributed by atoms with van der Waals surface area (Å²) in [7, 11) is 0. The van der Waals surface area contributed by atoms with Crippen molar-refractivity contribution < 1.29 is 9.53 Å². The molecular weight excluding hydrogens is 421 g/mol. The molecule has 0 spiro atoms. The Hall–Kier alpha value is -1.32. The van der Waals surface area contributed by atoms with E-state index in [1.54, 1.807) is 12.5 Å². The number of aromatic nitrogens is 2. The van der Waals surface area contributed by atoms with Crippen molar-refractivity contribution in [2.75, 3.05) is 32.8 Å². The highest BCUT2D eigenvalue weighted by Crippen LogP contribution is 2.18. The number of piperidine rings is 1. The van der Waals surface area contributed by atoms with E-state index in [1.165, 1.54) is 0 Å². The zero-order chi connectivity index (χ0) is 16.5. The maximum Gasteiger partial charge on any atom is 0.309 e. The van der Waals surface area contributed by atoms with Crippen molar-refractivity contribution >= 4 is 35.9 Å². The number of ether oxygens (including phenoxy) is 1. The van der Waals surface area contributed by atoms with Gasteiger partial charge in [-0.2, -0.15) is 0 Å². The number of halogens is 1. The first kappa shape index (κ1) is 20.7. The molecule has 1 aliphatic heterocycles. The third-order valence-electron chi connectivity index (χ3n) is 3.93. The number of imidazole rings is 1. The highest BCUT2D eigenvalue weighted by Gasteiger charge is 2.27. The van der Waals surface area contributed by atoms with Crippen LogP contribution in [0.15, 0.2) is 23.7 Å². The first-order valence-electron chi connectivity index (χ1n) is 8.40. The molecule has 0 atom stereocenters. The summed E-state index contributed by atoms with van der Waals surface area (Å²) < 4.78 is 7.13. The van der Waals surface area contributed by atoms with E-state index in [0.29, 0.717) is 13.2 Å². The predicted molar refractivity (Wildman–Crippen MR) is 105 cm³/mol. The van der Waals surface area contributed by atoms with Gasteiger partial charge in [0.05, 0.1) is 25.4 Å². The number of likely N-dealkylation sites (tertiary alicyclic amines) is 1. The van der Waals surface area contributed by atoms with E-state index in [9.17, 15) is 4.79 Å². The van der Waals surface area contributed by atoms with Crippen LogP contribution in [0.3, 0.4) is 0 Å². The second kappa shape index (κ2) is 11.3. The lowest BCUT2D eigenvalue weighted by atomic mass is 9.97. The summed E-state index contributed by atoms with van der Waals surface area (Å²) in [5.74, 6) is 0.893. The fourth-order valence-corrected chi connectivity index (χ4v) is 2.70. The Morgan fingerprint density at radius 1 is 1.38 bits per heavy atom. The van der Waals surface area contributed by atoms with Gasteiger partial charge in [-0.05, 0) is 26.7 Å². The van der Waals surface area contributed by atoms with E-state index < -0.39 is 0 Å². The van der Waals surface area contributed by atoms with Crippen LogP contribution in [0.1, 0.15) is 26.7 Å². The van der Waals surface area contributed by atoms with Crippen molar-refractivity contribution in [1.82, 2.24) is 19.8 Å². The van der Waals surface area contributed by atoms with Crippen LogP contribution in [-0.4, -0.2) is 59.2 Å². The summed E-state index contributed by atoms with van der Waals surface area (Å²) >= 11 is 0. The quantitative estimate of drug-likeness (QED) is 0.310. The summed E-state index contributed by atoms with van der Waals surface area (Å²) in [5.41, 5.74) is 0. The zero-order valence-electron chi connectivity index (χ0n) is 14.5. The van der Waals surface area contributed by atoms with Crippen LogP contribution in [0.2, 0.25) is 0 Å². The highest BCUT2D eigenvalue weighted by atomic mass is 127. The summed E-state index contributed by atoms with van der Waals surface area (Å²) in [6.07, 6.45) is 7.16. The zero-order valence-corrected chi connectivity index (χ0v) is 16.8. The maximum atomic E-state index is 11.8. The number of esters is 1. The summed E-state index contributed by atoms with van der Waals surface area (Å²) in [6, 6.07) is 0. The molecule has 7 nitrogen and oxygen atoms in total. The Labute approximate surface area is 160 Å². The van der Waals surface area contributed by atoms with Gasteiger partial charge in [0.15, 0.2) is 5.96 Å². The number of nitrogens with one attached hydrogen (secondary N) is 1. The highest BCUT2D eigenvalue weighted by molar-refractivity contribution is 14.0. The molecule has 136 valence electrons. The Bertz CT molecular complexity index is 499. The van der Waals surface area contributed by atoms with Gasteiger partial charge in [-0.25, -0.2) is 4.98 Å². The van der Waals surface area contributed by atoms with Crippen molar-refractivity contribution in [3.8, 4) is 0 Å². The lowest BCUT2D eigenvalue weighted by Gasteiger charge is -2.33. The molecule has 1 fully saturated rings. The van der Waals surface area contributed by atoms with Gasteiger partial charge >= 0.3 is 5.97 Å². The third-order valence-corrected chi connectivity index (χ3v) is 3.93. The second-order valence-corrected chi connectivity index (χ2v) is 5.55. The molecule has 2 rings (SSSR count). The van der Waals surface area contributed by atoms with Gasteiger partial charge in [0, 0.05) is 38.6 Å². The number of carbonyl (C=O) groups is 1. The van der Waals surface area contributed by atoms with Gasteiger partial charge in [-0.1, -0.05) is 0 Å². The Balaban J connectivity index is 0.00000288. The Morgan fingerprint density at radius 2 is 2.12 bits per heavy atom. The molecule has 0 aliphatic carbocycles. The van der Waals surface area contributed by atoms with Crippen LogP contribution in [-0.2, 0) is 16.1 Å². The molecule has 0 unspecified atom stereocenters. The molecule has 8 heteroatoms. The van der Waals surface area contributed by atoms with Crippen LogP contribution in [0.5, 0.6) is 0 Å². The van der Waals surface area contributed by atoms with E-state index in [-0.39, 0.29) is 35.9 Å². The van der Waals surface area contributed by atoms with Crippen LogP contribution in [0.4, 0.5) is 0 Å². The number of nitrogens with zero attached hydrogens (tertiary/aromatic N) is 4. The molecule has 1 saturated heterocycles. The van der Waals surface area contributed by atoms with Gasteiger partial charge in [0.2, 0.25) is 0 Å². The molecule has 0 aromatic carbocycles. The van der Waals surface area contributed by atoms with Gasteiger partial charge in [0.25, 0.3) is 0 Å². The Morgan fingerprint density at radius 3 is 2.71 bits per heavy atom.